The lowest BCUT2D eigenvalue weighted by Crippen LogP contribution is -2.60. The van der Waals surface area contributed by atoms with Gasteiger partial charge in [0.25, 0.3) is 0 Å². The molecule has 0 aliphatic rings. The lowest BCUT2D eigenvalue weighted by Gasteiger charge is -2.46. The summed E-state index contributed by atoms with van der Waals surface area (Å²) in [6.45, 7) is 18.9. The molecule has 1 heterocycles. The minimum atomic E-state index is 0.174. The van der Waals surface area contributed by atoms with Crippen molar-refractivity contribution < 1.29 is 0 Å². The third-order valence-electron chi connectivity index (χ3n) is 4.85. The van der Waals surface area contributed by atoms with E-state index >= 15 is 0 Å². The van der Waals surface area contributed by atoms with Gasteiger partial charge in [0.1, 0.15) is 0 Å². The van der Waals surface area contributed by atoms with Gasteiger partial charge in [-0.05, 0) is 46.8 Å². The van der Waals surface area contributed by atoms with E-state index in [4.69, 9.17) is 4.98 Å². The Balaban J connectivity index is 3.02. The molecule has 0 spiro atoms. The third-order valence-corrected chi connectivity index (χ3v) is 5.95. The smallest absolute Gasteiger partial charge is 0.0947 e. The SMILES string of the molecule is CCNC(Cc1nc(C)c(C)s1)C(C)(CC)N(CC)CC. The Kier molecular flexibility index (Phi) is 7.31. The molecular weight excluding hydrogens is 278 g/mol. The summed E-state index contributed by atoms with van der Waals surface area (Å²) in [5, 5.41) is 4.99. The zero-order chi connectivity index (χ0) is 16.0. The molecule has 1 aromatic rings. The van der Waals surface area contributed by atoms with Crippen LogP contribution in [0.25, 0.3) is 0 Å². The molecule has 0 aliphatic carbocycles. The highest BCUT2D eigenvalue weighted by molar-refractivity contribution is 7.11. The number of rotatable bonds is 9. The minimum absolute atomic E-state index is 0.174. The number of thiazole rings is 1. The van der Waals surface area contributed by atoms with E-state index in [9.17, 15) is 0 Å². The van der Waals surface area contributed by atoms with Crippen molar-refractivity contribution in [3.8, 4) is 0 Å². The Morgan fingerprint density at radius 2 is 1.81 bits per heavy atom. The van der Waals surface area contributed by atoms with Gasteiger partial charge in [0.2, 0.25) is 0 Å². The first-order valence-corrected chi connectivity index (χ1v) is 9.15. The van der Waals surface area contributed by atoms with Gasteiger partial charge >= 0.3 is 0 Å². The Hall–Kier alpha value is -0.450. The Bertz CT molecular complexity index is 406. The largest absolute Gasteiger partial charge is 0.312 e. The monoisotopic (exact) mass is 311 g/mol. The van der Waals surface area contributed by atoms with E-state index in [0.29, 0.717) is 6.04 Å². The molecule has 1 aromatic heterocycles. The summed E-state index contributed by atoms with van der Waals surface area (Å²) in [6, 6.07) is 0.442. The van der Waals surface area contributed by atoms with Gasteiger partial charge in [-0.1, -0.05) is 27.7 Å². The number of nitrogens with one attached hydrogen (secondary N) is 1. The van der Waals surface area contributed by atoms with E-state index in [2.05, 4.69) is 58.7 Å². The van der Waals surface area contributed by atoms with Crippen molar-refractivity contribution in [2.75, 3.05) is 19.6 Å². The van der Waals surface area contributed by atoms with Gasteiger partial charge < -0.3 is 5.32 Å². The van der Waals surface area contributed by atoms with Crippen molar-refractivity contribution in [1.82, 2.24) is 15.2 Å². The van der Waals surface area contributed by atoms with Crippen molar-refractivity contribution in [1.29, 1.82) is 0 Å². The molecule has 0 saturated carbocycles. The number of hydrogen-bond donors (Lipinski definition) is 1. The molecular formula is C17H33N3S. The Morgan fingerprint density at radius 3 is 2.19 bits per heavy atom. The number of hydrogen-bond acceptors (Lipinski definition) is 4. The molecule has 2 unspecified atom stereocenters. The number of aryl methyl sites for hydroxylation is 2. The van der Waals surface area contributed by atoms with Gasteiger partial charge in [-0.15, -0.1) is 11.3 Å². The van der Waals surface area contributed by atoms with Crippen LogP contribution in [0.2, 0.25) is 0 Å². The molecule has 0 saturated heterocycles. The Labute approximate surface area is 135 Å². The zero-order valence-corrected chi connectivity index (χ0v) is 15.7. The van der Waals surface area contributed by atoms with Crippen LogP contribution in [-0.4, -0.2) is 41.1 Å². The predicted molar refractivity (Wildman–Crippen MR) is 94.4 cm³/mol. The lowest BCUT2D eigenvalue weighted by molar-refractivity contribution is 0.0706. The normalized spacial score (nSPS) is 16.2. The van der Waals surface area contributed by atoms with E-state index in [-0.39, 0.29) is 5.54 Å². The van der Waals surface area contributed by atoms with Crippen LogP contribution in [0.1, 0.15) is 56.6 Å². The fourth-order valence-electron chi connectivity index (χ4n) is 3.20. The summed E-state index contributed by atoms with van der Waals surface area (Å²) in [7, 11) is 0. The number of aromatic nitrogens is 1. The fourth-order valence-corrected chi connectivity index (χ4v) is 4.18. The molecule has 1 rings (SSSR count). The quantitative estimate of drug-likeness (QED) is 0.752. The van der Waals surface area contributed by atoms with Crippen LogP contribution < -0.4 is 5.32 Å². The molecule has 1 N–H and O–H groups in total. The highest BCUT2D eigenvalue weighted by atomic mass is 32.1. The highest BCUT2D eigenvalue weighted by Gasteiger charge is 2.37. The summed E-state index contributed by atoms with van der Waals surface area (Å²) < 4.78 is 0. The molecule has 0 aromatic carbocycles. The first-order chi connectivity index (χ1) is 9.92. The van der Waals surface area contributed by atoms with Gasteiger partial charge in [-0.3, -0.25) is 4.90 Å². The van der Waals surface area contributed by atoms with Crippen LogP contribution in [0.5, 0.6) is 0 Å². The molecule has 4 heteroatoms. The molecule has 3 nitrogen and oxygen atoms in total. The van der Waals surface area contributed by atoms with Gasteiger partial charge in [0.15, 0.2) is 0 Å². The zero-order valence-electron chi connectivity index (χ0n) is 14.9. The van der Waals surface area contributed by atoms with Gasteiger partial charge in [0, 0.05) is 22.9 Å². The van der Waals surface area contributed by atoms with Crippen molar-refractivity contribution in [2.24, 2.45) is 0 Å². The molecule has 0 fully saturated rings. The van der Waals surface area contributed by atoms with Crippen molar-refractivity contribution in [3.05, 3.63) is 15.6 Å². The van der Waals surface area contributed by atoms with Gasteiger partial charge in [-0.2, -0.15) is 0 Å². The summed E-state index contributed by atoms with van der Waals surface area (Å²) in [5.74, 6) is 0. The number of likely N-dealkylation sites (N-methyl/N-ethyl adjacent to an activating group) is 2. The molecule has 2 atom stereocenters. The van der Waals surface area contributed by atoms with E-state index in [0.717, 1.165) is 32.5 Å². The molecule has 0 radical (unpaired) electrons. The molecule has 0 bridgehead atoms. The third kappa shape index (κ3) is 4.27. The summed E-state index contributed by atoms with van der Waals surface area (Å²) in [5.41, 5.74) is 1.36. The van der Waals surface area contributed by atoms with E-state index in [1.165, 1.54) is 15.6 Å². The second kappa shape index (κ2) is 8.25. The van der Waals surface area contributed by atoms with Crippen LogP contribution >= 0.6 is 11.3 Å². The van der Waals surface area contributed by atoms with Gasteiger partial charge in [0.05, 0.1) is 10.7 Å². The maximum absolute atomic E-state index is 4.75. The average Bonchev–Trinajstić information content (AvgIpc) is 2.78. The topological polar surface area (TPSA) is 28.2 Å². The summed E-state index contributed by atoms with van der Waals surface area (Å²) in [6.07, 6.45) is 2.17. The van der Waals surface area contributed by atoms with Gasteiger partial charge in [-0.25, -0.2) is 4.98 Å². The van der Waals surface area contributed by atoms with E-state index in [1.807, 2.05) is 11.3 Å². The van der Waals surface area contributed by atoms with Crippen LogP contribution in [0, 0.1) is 13.8 Å². The summed E-state index contributed by atoms with van der Waals surface area (Å²) in [4.78, 5) is 8.69. The highest BCUT2D eigenvalue weighted by Crippen LogP contribution is 2.28. The predicted octanol–water partition coefficient (Wildman–Crippen LogP) is 3.79. The molecule has 0 amide bonds. The molecule has 21 heavy (non-hydrogen) atoms. The van der Waals surface area contributed by atoms with E-state index in [1.54, 1.807) is 0 Å². The second-order valence-corrected chi connectivity index (χ2v) is 7.23. The maximum Gasteiger partial charge on any atom is 0.0947 e. The van der Waals surface area contributed by atoms with Crippen molar-refractivity contribution in [2.45, 2.75) is 72.9 Å². The van der Waals surface area contributed by atoms with E-state index < -0.39 is 0 Å². The number of nitrogens with zero attached hydrogens (tertiary/aromatic N) is 2. The van der Waals surface area contributed by atoms with Crippen LogP contribution in [0.3, 0.4) is 0 Å². The molecule has 122 valence electrons. The minimum Gasteiger partial charge on any atom is -0.312 e. The van der Waals surface area contributed by atoms with Crippen LogP contribution in [0.15, 0.2) is 0 Å². The van der Waals surface area contributed by atoms with Crippen molar-refractivity contribution in [3.63, 3.8) is 0 Å². The fraction of sp³-hybridized carbons (Fsp3) is 0.824. The van der Waals surface area contributed by atoms with Crippen molar-refractivity contribution >= 4 is 11.3 Å². The average molecular weight is 312 g/mol. The maximum atomic E-state index is 4.75. The Morgan fingerprint density at radius 1 is 1.19 bits per heavy atom. The first-order valence-electron chi connectivity index (χ1n) is 8.34. The lowest BCUT2D eigenvalue weighted by atomic mass is 9.85. The first kappa shape index (κ1) is 18.6. The standard InChI is InChI=1S/C17H33N3S/c1-8-17(7,20(10-3)11-4)15(18-9-2)12-16-19-13(5)14(6)21-16/h15,18H,8-12H2,1-7H3. The molecule has 0 aliphatic heterocycles. The summed E-state index contributed by atoms with van der Waals surface area (Å²) >= 11 is 1.85. The van der Waals surface area contributed by atoms with Crippen LogP contribution in [0.4, 0.5) is 0 Å². The second-order valence-electron chi connectivity index (χ2n) is 5.95. The van der Waals surface area contributed by atoms with Crippen LogP contribution in [-0.2, 0) is 6.42 Å².